The van der Waals surface area contributed by atoms with Gasteiger partial charge >= 0.3 is 0 Å². The fourth-order valence-corrected chi connectivity index (χ4v) is 2.84. The van der Waals surface area contributed by atoms with Gasteiger partial charge in [0.1, 0.15) is 5.52 Å². The Bertz CT molecular complexity index is 826. The van der Waals surface area contributed by atoms with Crippen LogP contribution in [0.4, 0.5) is 0 Å². The molecule has 0 unspecified atom stereocenters. The summed E-state index contributed by atoms with van der Waals surface area (Å²) in [4.78, 5) is 15.0. The van der Waals surface area contributed by atoms with Gasteiger partial charge < -0.3 is 14.7 Å². The van der Waals surface area contributed by atoms with Gasteiger partial charge in [-0.25, -0.2) is 0 Å². The number of hydrogen-bond acceptors (Lipinski definition) is 2. The van der Waals surface area contributed by atoms with Crippen LogP contribution >= 0.6 is 0 Å². The summed E-state index contributed by atoms with van der Waals surface area (Å²) in [6, 6.07) is 10.7. The fraction of sp³-hybridized carbons (Fsp3) is 0.312. The number of aromatic nitrogens is 2. The van der Waals surface area contributed by atoms with Crippen LogP contribution in [0.15, 0.2) is 41.3 Å². The Labute approximate surface area is 116 Å². The van der Waals surface area contributed by atoms with Crippen LogP contribution in [-0.2, 0) is 6.54 Å². The molecule has 1 fully saturated rings. The van der Waals surface area contributed by atoms with Gasteiger partial charge in [-0.2, -0.15) is 0 Å². The van der Waals surface area contributed by atoms with Crippen LogP contribution in [0.25, 0.3) is 16.6 Å². The quantitative estimate of drug-likeness (QED) is 0.765. The number of fused-ring (bicyclic) bond motifs is 3. The van der Waals surface area contributed by atoms with Crippen molar-refractivity contribution in [2.24, 2.45) is 0 Å². The third-order valence-corrected chi connectivity index (χ3v) is 4.25. The Hall–Kier alpha value is -2.07. The van der Waals surface area contributed by atoms with Crippen molar-refractivity contribution in [3.63, 3.8) is 0 Å². The number of H-pyrrole nitrogens is 1. The van der Waals surface area contributed by atoms with Crippen molar-refractivity contribution in [1.29, 1.82) is 0 Å². The molecule has 0 amide bonds. The van der Waals surface area contributed by atoms with Gasteiger partial charge in [0.25, 0.3) is 5.56 Å². The number of aromatic amines is 1. The van der Waals surface area contributed by atoms with Gasteiger partial charge in [0.15, 0.2) is 0 Å². The molecule has 20 heavy (non-hydrogen) atoms. The summed E-state index contributed by atoms with van der Waals surface area (Å²) < 4.78 is 1.94. The highest BCUT2D eigenvalue weighted by atomic mass is 16.1. The van der Waals surface area contributed by atoms with E-state index in [1.54, 1.807) is 0 Å². The van der Waals surface area contributed by atoms with Crippen molar-refractivity contribution in [2.75, 3.05) is 0 Å². The lowest BCUT2D eigenvalue weighted by molar-refractivity contribution is 0.338. The first-order chi connectivity index (χ1) is 9.81. The molecule has 1 aliphatic carbocycles. The summed E-state index contributed by atoms with van der Waals surface area (Å²) in [5.41, 5.74) is 3.81. The molecule has 1 aliphatic rings. The third kappa shape index (κ3) is 1.84. The molecule has 0 radical (unpaired) electrons. The van der Waals surface area contributed by atoms with E-state index in [-0.39, 0.29) is 5.56 Å². The number of nitrogens with one attached hydrogen (secondary N) is 2. The van der Waals surface area contributed by atoms with E-state index in [0.29, 0.717) is 11.6 Å². The molecular formula is C16H17N3O. The Morgan fingerprint density at radius 1 is 1.25 bits per heavy atom. The molecule has 4 rings (SSSR count). The van der Waals surface area contributed by atoms with Gasteiger partial charge in [-0.05, 0) is 42.7 Å². The standard InChI is InChI=1S/C16H17N3O/c20-16-15-5-2-8-19(15)14-7-6-11(9-13(14)18-16)10-17-12-3-1-4-12/h2,5-9,12,17H,1,3-4,10H2,(H,18,20). The fourth-order valence-electron chi connectivity index (χ4n) is 2.84. The van der Waals surface area contributed by atoms with E-state index in [9.17, 15) is 4.79 Å². The summed E-state index contributed by atoms with van der Waals surface area (Å²) in [6.07, 6.45) is 5.84. The van der Waals surface area contributed by atoms with Crippen molar-refractivity contribution in [3.05, 3.63) is 52.4 Å². The molecule has 1 aromatic carbocycles. The first kappa shape index (κ1) is 11.7. The highest BCUT2D eigenvalue weighted by Gasteiger charge is 2.16. The van der Waals surface area contributed by atoms with Crippen LogP contribution in [0.3, 0.4) is 0 Å². The monoisotopic (exact) mass is 267 g/mol. The predicted molar refractivity (Wildman–Crippen MR) is 80.0 cm³/mol. The van der Waals surface area contributed by atoms with Gasteiger partial charge in [0, 0.05) is 18.8 Å². The van der Waals surface area contributed by atoms with E-state index in [1.165, 1.54) is 24.8 Å². The Kier molecular flexibility index (Phi) is 2.63. The summed E-state index contributed by atoms with van der Waals surface area (Å²) in [6.45, 7) is 0.867. The van der Waals surface area contributed by atoms with Crippen molar-refractivity contribution < 1.29 is 0 Å². The van der Waals surface area contributed by atoms with Crippen LogP contribution in [0.1, 0.15) is 24.8 Å². The van der Waals surface area contributed by atoms with Crippen LogP contribution in [0.2, 0.25) is 0 Å². The highest BCUT2D eigenvalue weighted by Crippen LogP contribution is 2.19. The summed E-state index contributed by atoms with van der Waals surface area (Å²) >= 11 is 0. The summed E-state index contributed by atoms with van der Waals surface area (Å²) in [5.74, 6) is 0. The molecule has 0 bridgehead atoms. The number of nitrogens with zero attached hydrogens (tertiary/aromatic N) is 1. The molecular weight excluding hydrogens is 250 g/mol. The van der Waals surface area contributed by atoms with Gasteiger partial charge in [-0.15, -0.1) is 0 Å². The maximum Gasteiger partial charge on any atom is 0.272 e. The second kappa shape index (κ2) is 4.49. The Morgan fingerprint density at radius 3 is 2.95 bits per heavy atom. The molecule has 4 heteroatoms. The molecule has 0 saturated heterocycles. The first-order valence-electron chi connectivity index (χ1n) is 7.17. The van der Waals surface area contributed by atoms with Gasteiger partial charge in [-0.3, -0.25) is 4.79 Å². The molecule has 0 atom stereocenters. The van der Waals surface area contributed by atoms with Crippen LogP contribution in [0.5, 0.6) is 0 Å². The minimum absolute atomic E-state index is 0.0356. The molecule has 2 N–H and O–H groups in total. The first-order valence-corrected chi connectivity index (χ1v) is 7.17. The van der Waals surface area contributed by atoms with E-state index >= 15 is 0 Å². The van der Waals surface area contributed by atoms with Crippen molar-refractivity contribution in [3.8, 4) is 0 Å². The van der Waals surface area contributed by atoms with Crippen LogP contribution in [0, 0.1) is 0 Å². The van der Waals surface area contributed by atoms with E-state index in [0.717, 1.165) is 17.6 Å². The lowest BCUT2D eigenvalue weighted by Gasteiger charge is -2.26. The average molecular weight is 267 g/mol. The smallest absolute Gasteiger partial charge is 0.272 e. The SMILES string of the molecule is O=c1[nH]c2cc(CNC3CCC3)ccc2n2cccc12. The molecule has 1 saturated carbocycles. The second-order valence-corrected chi connectivity index (χ2v) is 5.58. The predicted octanol–water partition coefficient (Wildman–Crippen LogP) is 2.42. The Balaban J connectivity index is 1.74. The maximum absolute atomic E-state index is 12.0. The van der Waals surface area contributed by atoms with Gasteiger partial charge in [0.05, 0.1) is 11.0 Å². The molecule has 2 aromatic heterocycles. The van der Waals surface area contributed by atoms with E-state index in [4.69, 9.17) is 0 Å². The highest BCUT2D eigenvalue weighted by molar-refractivity contribution is 5.78. The van der Waals surface area contributed by atoms with E-state index in [1.807, 2.05) is 22.7 Å². The summed E-state index contributed by atoms with van der Waals surface area (Å²) in [7, 11) is 0. The minimum Gasteiger partial charge on any atom is -0.319 e. The normalized spacial score (nSPS) is 15.8. The largest absolute Gasteiger partial charge is 0.319 e. The van der Waals surface area contributed by atoms with Gasteiger partial charge in [-0.1, -0.05) is 12.5 Å². The zero-order chi connectivity index (χ0) is 13.5. The molecule has 102 valence electrons. The van der Waals surface area contributed by atoms with Crippen molar-refractivity contribution in [1.82, 2.24) is 14.7 Å². The Morgan fingerprint density at radius 2 is 2.15 bits per heavy atom. The number of hydrogen-bond donors (Lipinski definition) is 2. The van der Waals surface area contributed by atoms with Crippen LogP contribution < -0.4 is 10.9 Å². The molecule has 0 aliphatic heterocycles. The number of benzene rings is 1. The topological polar surface area (TPSA) is 49.3 Å². The van der Waals surface area contributed by atoms with E-state index < -0.39 is 0 Å². The van der Waals surface area contributed by atoms with E-state index in [2.05, 4.69) is 28.5 Å². The van der Waals surface area contributed by atoms with Crippen LogP contribution in [-0.4, -0.2) is 15.4 Å². The summed E-state index contributed by atoms with van der Waals surface area (Å²) in [5, 5.41) is 3.55. The lowest BCUT2D eigenvalue weighted by Crippen LogP contribution is -2.34. The second-order valence-electron chi connectivity index (χ2n) is 5.58. The molecule has 4 nitrogen and oxygen atoms in total. The number of rotatable bonds is 3. The van der Waals surface area contributed by atoms with Gasteiger partial charge in [0.2, 0.25) is 0 Å². The average Bonchev–Trinajstić information content (AvgIpc) is 2.87. The minimum atomic E-state index is -0.0356. The molecule has 2 heterocycles. The molecule has 3 aromatic rings. The van der Waals surface area contributed by atoms with Crippen molar-refractivity contribution in [2.45, 2.75) is 31.8 Å². The zero-order valence-electron chi connectivity index (χ0n) is 11.2. The van der Waals surface area contributed by atoms with Crippen molar-refractivity contribution >= 4 is 16.6 Å². The third-order valence-electron chi connectivity index (χ3n) is 4.25. The maximum atomic E-state index is 12.0. The lowest BCUT2D eigenvalue weighted by atomic mass is 9.93. The molecule has 0 spiro atoms. The zero-order valence-corrected chi connectivity index (χ0v) is 11.2.